The van der Waals surface area contributed by atoms with Gasteiger partial charge in [0.15, 0.2) is 5.82 Å². The lowest BCUT2D eigenvalue weighted by Gasteiger charge is -2.04. The molecule has 3 aromatic rings. The van der Waals surface area contributed by atoms with E-state index in [9.17, 15) is 9.18 Å². The lowest BCUT2D eigenvalue weighted by Crippen LogP contribution is -2.13. The number of rotatable bonds is 4. The first-order valence-corrected chi connectivity index (χ1v) is 7.75. The van der Waals surface area contributed by atoms with Crippen molar-refractivity contribution in [2.24, 2.45) is 0 Å². The van der Waals surface area contributed by atoms with Gasteiger partial charge in [0.05, 0.1) is 6.54 Å². The third kappa shape index (κ3) is 3.63. The van der Waals surface area contributed by atoms with E-state index in [4.69, 9.17) is 11.6 Å². The summed E-state index contributed by atoms with van der Waals surface area (Å²) in [7, 11) is 0. The second-order valence-electron chi connectivity index (χ2n) is 5.43. The number of benzene rings is 2. The maximum Gasteiger partial charge on any atom is 0.256 e. The Morgan fingerprint density at radius 3 is 2.62 bits per heavy atom. The van der Waals surface area contributed by atoms with Crippen LogP contribution in [0.4, 0.5) is 10.2 Å². The van der Waals surface area contributed by atoms with Crippen molar-refractivity contribution >= 4 is 23.3 Å². The Labute approximate surface area is 143 Å². The summed E-state index contributed by atoms with van der Waals surface area (Å²) in [4.78, 5) is 12.2. The Hall–Kier alpha value is -2.66. The van der Waals surface area contributed by atoms with Crippen molar-refractivity contribution in [3.8, 4) is 0 Å². The van der Waals surface area contributed by atoms with Gasteiger partial charge in [-0.15, -0.1) is 0 Å². The number of hydrogen-bond donors (Lipinski definition) is 1. The van der Waals surface area contributed by atoms with Gasteiger partial charge in [-0.25, -0.2) is 4.39 Å². The van der Waals surface area contributed by atoms with Crippen molar-refractivity contribution in [1.82, 2.24) is 9.78 Å². The molecule has 6 heteroatoms. The van der Waals surface area contributed by atoms with Gasteiger partial charge in [0, 0.05) is 17.3 Å². The average Bonchev–Trinajstić information content (AvgIpc) is 2.90. The molecule has 1 heterocycles. The summed E-state index contributed by atoms with van der Waals surface area (Å²) < 4.78 is 15.2. The monoisotopic (exact) mass is 343 g/mol. The zero-order valence-electron chi connectivity index (χ0n) is 13.0. The molecule has 2 aromatic carbocycles. The van der Waals surface area contributed by atoms with Crippen molar-refractivity contribution in [3.05, 3.63) is 82.3 Å². The molecule has 3 rings (SSSR count). The minimum atomic E-state index is -0.311. The number of nitrogens with one attached hydrogen (secondary N) is 1. The third-order valence-corrected chi connectivity index (χ3v) is 3.83. The number of hydrogen-bond acceptors (Lipinski definition) is 2. The summed E-state index contributed by atoms with van der Waals surface area (Å²) in [5, 5.41) is 7.18. The van der Waals surface area contributed by atoms with E-state index in [0.29, 0.717) is 16.1 Å². The Morgan fingerprint density at radius 1 is 1.21 bits per heavy atom. The normalized spacial score (nSPS) is 10.6. The van der Waals surface area contributed by atoms with Crippen LogP contribution >= 0.6 is 11.6 Å². The number of aromatic nitrogens is 2. The van der Waals surface area contributed by atoms with Crippen LogP contribution in [0.2, 0.25) is 5.02 Å². The van der Waals surface area contributed by atoms with Crippen LogP contribution in [0.1, 0.15) is 21.5 Å². The molecular formula is C18H15ClFN3O. The molecule has 0 fully saturated rings. The Bertz CT molecular complexity index is 874. The van der Waals surface area contributed by atoms with Crippen LogP contribution in [-0.2, 0) is 6.54 Å². The largest absolute Gasteiger partial charge is 0.304 e. The first-order valence-electron chi connectivity index (χ1n) is 7.37. The number of halogens is 2. The van der Waals surface area contributed by atoms with Crippen molar-refractivity contribution < 1.29 is 9.18 Å². The van der Waals surface area contributed by atoms with Gasteiger partial charge in [0.25, 0.3) is 5.91 Å². The molecule has 0 unspecified atom stereocenters. The lowest BCUT2D eigenvalue weighted by atomic mass is 10.1. The maximum absolute atomic E-state index is 13.7. The summed E-state index contributed by atoms with van der Waals surface area (Å²) in [6.07, 6.45) is 1.55. The summed E-state index contributed by atoms with van der Waals surface area (Å²) in [5.41, 5.74) is 2.08. The smallest absolute Gasteiger partial charge is 0.256 e. The van der Waals surface area contributed by atoms with Gasteiger partial charge in [0.2, 0.25) is 0 Å². The zero-order valence-corrected chi connectivity index (χ0v) is 13.7. The van der Waals surface area contributed by atoms with E-state index in [-0.39, 0.29) is 24.1 Å². The molecule has 0 saturated carbocycles. The van der Waals surface area contributed by atoms with Gasteiger partial charge in [-0.2, -0.15) is 5.10 Å². The first-order chi connectivity index (χ1) is 11.5. The number of anilines is 1. The Kier molecular flexibility index (Phi) is 4.62. The molecule has 0 aliphatic carbocycles. The molecule has 1 amide bonds. The molecule has 122 valence electrons. The highest BCUT2D eigenvalue weighted by Crippen LogP contribution is 2.21. The van der Waals surface area contributed by atoms with Crippen LogP contribution in [0.25, 0.3) is 0 Å². The molecule has 24 heavy (non-hydrogen) atoms. The van der Waals surface area contributed by atoms with Crippen LogP contribution in [0.15, 0.2) is 54.7 Å². The van der Waals surface area contributed by atoms with Gasteiger partial charge in [-0.3, -0.25) is 9.48 Å². The standard InChI is InChI=1S/C18H15ClFN3O/c1-12-6-8-13(9-7-12)18(24)21-17-15(19)11-23(22-17)10-14-4-2-3-5-16(14)20/h2-9,11H,10H2,1H3,(H,21,22,24). The van der Waals surface area contributed by atoms with Gasteiger partial charge < -0.3 is 5.32 Å². The van der Waals surface area contributed by atoms with E-state index in [1.165, 1.54) is 10.7 Å². The van der Waals surface area contributed by atoms with Crippen LogP contribution in [0.3, 0.4) is 0 Å². The van der Waals surface area contributed by atoms with Crippen molar-refractivity contribution in [2.45, 2.75) is 13.5 Å². The van der Waals surface area contributed by atoms with Crippen LogP contribution in [-0.4, -0.2) is 15.7 Å². The highest BCUT2D eigenvalue weighted by atomic mass is 35.5. The molecule has 1 aromatic heterocycles. The van der Waals surface area contributed by atoms with Gasteiger partial charge >= 0.3 is 0 Å². The van der Waals surface area contributed by atoms with Crippen molar-refractivity contribution in [2.75, 3.05) is 5.32 Å². The van der Waals surface area contributed by atoms with E-state index >= 15 is 0 Å². The maximum atomic E-state index is 13.7. The van der Waals surface area contributed by atoms with Gasteiger partial charge in [0.1, 0.15) is 10.8 Å². The number of amides is 1. The molecule has 0 bridgehead atoms. The van der Waals surface area contributed by atoms with Crippen LogP contribution in [0, 0.1) is 12.7 Å². The van der Waals surface area contributed by atoms with E-state index in [2.05, 4.69) is 10.4 Å². The minimum absolute atomic E-state index is 0.229. The molecule has 1 N–H and O–H groups in total. The fourth-order valence-corrected chi connectivity index (χ4v) is 2.45. The summed E-state index contributed by atoms with van der Waals surface area (Å²) >= 11 is 6.12. The summed E-state index contributed by atoms with van der Waals surface area (Å²) in [6.45, 7) is 2.18. The molecule has 0 atom stereocenters. The van der Waals surface area contributed by atoms with E-state index in [0.717, 1.165) is 5.56 Å². The average molecular weight is 344 g/mol. The number of aryl methyl sites for hydroxylation is 1. The van der Waals surface area contributed by atoms with Crippen LogP contribution < -0.4 is 5.32 Å². The Balaban J connectivity index is 1.75. The van der Waals surface area contributed by atoms with E-state index < -0.39 is 0 Å². The highest BCUT2D eigenvalue weighted by Gasteiger charge is 2.13. The number of carbonyl (C=O) groups is 1. The van der Waals surface area contributed by atoms with Crippen LogP contribution in [0.5, 0.6) is 0 Å². The molecule has 4 nitrogen and oxygen atoms in total. The first kappa shape index (κ1) is 16.2. The quantitative estimate of drug-likeness (QED) is 0.768. The fourth-order valence-electron chi connectivity index (χ4n) is 2.25. The summed E-state index contributed by atoms with van der Waals surface area (Å²) in [5.74, 6) is -0.360. The molecule has 0 saturated heterocycles. The lowest BCUT2D eigenvalue weighted by molar-refractivity contribution is 0.102. The minimum Gasteiger partial charge on any atom is -0.304 e. The Morgan fingerprint density at radius 2 is 1.92 bits per heavy atom. The SMILES string of the molecule is Cc1ccc(C(=O)Nc2nn(Cc3ccccc3F)cc2Cl)cc1. The van der Waals surface area contributed by atoms with Gasteiger partial charge in [-0.05, 0) is 25.1 Å². The van der Waals surface area contributed by atoms with Crippen molar-refractivity contribution in [3.63, 3.8) is 0 Å². The highest BCUT2D eigenvalue weighted by molar-refractivity contribution is 6.33. The fraction of sp³-hybridized carbons (Fsp3) is 0.111. The molecule has 0 aliphatic heterocycles. The molecular weight excluding hydrogens is 329 g/mol. The third-order valence-electron chi connectivity index (χ3n) is 3.55. The second-order valence-corrected chi connectivity index (χ2v) is 5.84. The molecule has 0 radical (unpaired) electrons. The van der Waals surface area contributed by atoms with Gasteiger partial charge in [-0.1, -0.05) is 47.5 Å². The second kappa shape index (κ2) is 6.84. The number of carbonyl (C=O) groups excluding carboxylic acids is 1. The van der Waals surface area contributed by atoms with E-state index in [1.807, 2.05) is 19.1 Å². The predicted molar refractivity (Wildman–Crippen MR) is 91.9 cm³/mol. The predicted octanol–water partition coefficient (Wildman–Crippen LogP) is 4.28. The zero-order chi connectivity index (χ0) is 17.1. The molecule has 0 spiro atoms. The van der Waals surface area contributed by atoms with Crippen molar-refractivity contribution in [1.29, 1.82) is 0 Å². The van der Waals surface area contributed by atoms with E-state index in [1.54, 1.807) is 36.5 Å². The number of nitrogens with zero attached hydrogens (tertiary/aromatic N) is 2. The molecule has 0 aliphatic rings. The summed E-state index contributed by atoms with van der Waals surface area (Å²) in [6, 6.07) is 13.6. The topological polar surface area (TPSA) is 46.9 Å².